The summed E-state index contributed by atoms with van der Waals surface area (Å²) in [5, 5.41) is 0.882. The van der Waals surface area contributed by atoms with E-state index in [0.29, 0.717) is 22.2 Å². The SMILES string of the molecule is Cc1ccc(COc2c(I)cc(/C=C3\N=C(c4cc(Cl)ccc4Cl)OC3=O)cc2I)cc1. The van der Waals surface area contributed by atoms with Crippen molar-refractivity contribution in [2.75, 3.05) is 0 Å². The summed E-state index contributed by atoms with van der Waals surface area (Å²) in [7, 11) is 0. The average Bonchev–Trinajstić information content (AvgIpc) is 3.10. The maximum atomic E-state index is 12.4. The largest absolute Gasteiger partial charge is 0.487 e. The fraction of sp³-hybridized carbons (Fsp3) is 0.0833. The van der Waals surface area contributed by atoms with Gasteiger partial charge in [-0.25, -0.2) is 9.79 Å². The fourth-order valence-corrected chi connectivity index (χ4v) is 5.48. The first-order valence-electron chi connectivity index (χ1n) is 9.45. The summed E-state index contributed by atoms with van der Waals surface area (Å²) < 4.78 is 13.2. The zero-order valence-corrected chi connectivity index (χ0v) is 22.5. The molecule has 0 radical (unpaired) electrons. The van der Waals surface area contributed by atoms with Crippen LogP contribution in [-0.2, 0) is 16.1 Å². The first-order chi connectivity index (χ1) is 15.3. The summed E-state index contributed by atoms with van der Waals surface area (Å²) in [6, 6.07) is 17.0. The minimum absolute atomic E-state index is 0.135. The van der Waals surface area contributed by atoms with Gasteiger partial charge in [0.1, 0.15) is 12.4 Å². The van der Waals surface area contributed by atoms with E-state index in [2.05, 4.69) is 81.4 Å². The number of halogens is 4. The van der Waals surface area contributed by atoms with E-state index < -0.39 is 5.97 Å². The van der Waals surface area contributed by atoms with Crippen LogP contribution in [0.15, 0.2) is 65.3 Å². The Kier molecular flexibility index (Phi) is 7.44. The molecule has 32 heavy (non-hydrogen) atoms. The molecule has 0 unspecified atom stereocenters. The third kappa shape index (κ3) is 5.47. The van der Waals surface area contributed by atoms with E-state index in [1.807, 2.05) is 12.1 Å². The van der Waals surface area contributed by atoms with Crippen LogP contribution in [0, 0.1) is 14.1 Å². The van der Waals surface area contributed by atoms with Gasteiger partial charge in [0, 0.05) is 5.02 Å². The maximum Gasteiger partial charge on any atom is 0.363 e. The first-order valence-corrected chi connectivity index (χ1v) is 12.4. The number of esters is 1. The molecule has 0 amide bonds. The van der Waals surface area contributed by atoms with E-state index in [4.69, 9.17) is 32.7 Å². The molecular weight excluding hydrogens is 675 g/mol. The van der Waals surface area contributed by atoms with Crippen LogP contribution < -0.4 is 4.74 Å². The fourth-order valence-electron chi connectivity index (χ4n) is 2.98. The second kappa shape index (κ2) is 10.1. The average molecular weight is 690 g/mol. The third-order valence-corrected chi connectivity index (χ3v) is 6.77. The van der Waals surface area contributed by atoms with Gasteiger partial charge in [-0.15, -0.1) is 0 Å². The second-order valence-corrected chi connectivity index (χ2v) is 10.2. The van der Waals surface area contributed by atoms with Gasteiger partial charge < -0.3 is 9.47 Å². The standard InChI is InChI=1S/C24H15Cl2I2NO3/c1-13-2-4-14(5-3-13)12-31-22-19(27)8-15(9-20(22)28)10-21-24(30)32-23(29-21)17-11-16(25)6-7-18(17)26/h2-11H,12H2,1H3/b21-10-. The lowest BCUT2D eigenvalue weighted by Crippen LogP contribution is -2.06. The van der Waals surface area contributed by atoms with Crippen molar-refractivity contribution in [3.8, 4) is 5.75 Å². The van der Waals surface area contributed by atoms with Gasteiger partial charge in [0.15, 0.2) is 5.70 Å². The molecular formula is C24H15Cl2I2NO3. The van der Waals surface area contributed by atoms with Gasteiger partial charge in [-0.2, -0.15) is 0 Å². The van der Waals surface area contributed by atoms with Crippen molar-refractivity contribution >= 4 is 86.3 Å². The topological polar surface area (TPSA) is 47.9 Å². The number of benzene rings is 3. The highest BCUT2D eigenvalue weighted by Crippen LogP contribution is 2.32. The summed E-state index contributed by atoms with van der Waals surface area (Å²) in [5.74, 6) is 0.398. The number of cyclic esters (lactones) is 1. The number of hydrogen-bond acceptors (Lipinski definition) is 4. The molecule has 1 aliphatic heterocycles. The monoisotopic (exact) mass is 689 g/mol. The minimum atomic E-state index is -0.541. The molecule has 4 rings (SSSR count). The summed E-state index contributed by atoms with van der Waals surface area (Å²) in [6.07, 6.45) is 1.68. The molecule has 3 aromatic carbocycles. The van der Waals surface area contributed by atoms with Crippen LogP contribution in [0.1, 0.15) is 22.3 Å². The minimum Gasteiger partial charge on any atom is -0.487 e. The number of rotatable bonds is 5. The number of aryl methyl sites for hydroxylation is 1. The molecule has 0 spiro atoms. The molecule has 0 N–H and O–H groups in total. The maximum absolute atomic E-state index is 12.4. The molecule has 8 heteroatoms. The molecule has 0 atom stereocenters. The number of carbonyl (C=O) groups is 1. The van der Waals surface area contributed by atoms with Crippen molar-refractivity contribution < 1.29 is 14.3 Å². The Bertz CT molecular complexity index is 1250. The van der Waals surface area contributed by atoms with Gasteiger partial charge in [-0.1, -0.05) is 53.0 Å². The Morgan fingerprint density at radius 1 is 1.03 bits per heavy atom. The second-order valence-electron chi connectivity index (χ2n) is 7.05. The number of nitrogens with zero attached hydrogens (tertiary/aromatic N) is 1. The normalized spacial score (nSPS) is 14.5. The lowest BCUT2D eigenvalue weighted by molar-refractivity contribution is -0.129. The number of hydrogen-bond donors (Lipinski definition) is 0. The van der Waals surface area contributed by atoms with Crippen LogP contribution in [0.3, 0.4) is 0 Å². The van der Waals surface area contributed by atoms with Gasteiger partial charge in [-0.05, 0) is 99.6 Å². The van der Waals surface area contributed by atoms with Crippen LogP contribution >= 0.6 is 68.4 Å². The molecule has 3 aromatic rings. The highest BCUT2D eigenvalue weighted by molar-refractivity contribution is 14.1. The van der Waals surface area contributed by atoms with Crippen molar-refractivity contribution in [2.45, 2.75) is 13.5 Å². The molecule has 0 fully saturated rings. The van der Waals surface area contributed by atoms with Crippen LogP contribution in [0.2, 0.25) is 10.0 Å². The summed E-state index contributed by atoms with van der Waals surface area (Å²) in [4.78, 5) is 16.7. The highest BCUT2D eigenvalue weighted by atomic mass is 127. The van der Waals surface area contributed by atoms with E-state index in [1.165, 1.54) is 5.56 Å². The van der Waals surface area contributed by atoms with Crippen LogP contribution in [0.4, 0.5) is 0 Å². The molecule has 1 heterocycles. The van der Waals surface area contributed by atoms with Crippen LogP contribution in [0.25, 0.3) is 6.08 Å². The lowest BCUT2D eigenvalue weighted by atomic mass is 10.1. The number of carbonyl (C=O) groups excluding carboxylic acids is 1. The highest BCUT2D eigenvalue weighted by Gasteiger charge is 2.26. The Morgan fingerprint density at radius 2 is 1.72 bits per heavy atom. The van der Waals surface area contributed by atoms with Crippen molar-refractivity contribution in [1.29, 1.82) is 0 Å². The van der Waals surface area contributed by atoms with E-state index in [0.717, 1.165) is 24.0 Å². The molecule has 0 saturated heterocycles. The van der Waals surface area contributed by atoms with E-state index >= 15 is 0 Å². The predicted octanol–water partition coefficient (Wildman–Crippen LogP) is 7.43. The van der Waals surface area contributed by atoms with Gasteiger partial charge in [0.05, 0.1) is 17.7 Å². The molecule has 1 aliphatic rings. The van der Waals surface area contributed by atoms with Crippen molar-refractivity contribution in [2.24, 2.45) is 4.99 Å². The van der Waals surface area contributed by atoms with Crippen molar-refractivity contribution in [3.05, 3.63) is 99.7 Å². The predicted molar refractivity (Wildman–Crippen MR) is 144 cm³/mol. The smallest absolute Gasteiger partial charge is 0.363 e. The van der Waals surface area contributed by atoms with Crippen molar-refractivity contribution in [3.63, 3.8) is 0 Å². The Labute approximate surface area is 222 Å². The Hall–Kier alpha value is -1.62. The van der Waals surface area contributed by atoms with Gasteiger partial charge in [-0.3, -0.25) is 0 Å². The van der Waals surface area contributed by atoms with Gasteiger partial charge in [0.25, 0.3) is 0 Å². The zero-order chi connectivity index (χ0) is 22.8. The molecule has 4 nitrogen and oxygen atoms in total. The zero-order valence-electron chi connectivity index (χ0n) is 16.7. The summed E-state index contributed by atoms with van der Waals surface area (Å²) in [5.41, 5.74) is 3.79. The van der Waals surface area contributed by atoms with E-state index in [-0.39, 0.29) is 11.6 Å². The molecule has 0 aromatic heterocycles. The van der Waals surface area contributed by atoms with Crippen LogP contribution in [0.5, 0.6) is 5.75 Å². The molecule has 0 saturated carbocycles. The Balaban J connectivity index is 1.57. The van der Waals surface area contributed by atoms with E-state index in [9.17, 15) is 4.79 Å². The quantitative estimate of drug-likeness (QED) is 0.159. The third-order valence-electron chi connectivity index (χ3n) is 4.61. The van der Waals surface area contributed by atoms with Crippen molar-refractivity contribution in [1.82, 2.24) is 0 Å². The molecule has 162 valence electrons. The molecule has 0 aliphatic carbocycles. The Morgan fingerprint density at radius 3 is 2.41 bits per heavy atom. The molecule has 0 bridgehead atoms. The summed E-state index contributed by atoms with van der Waals surface area (Å²) in [6.45, 7) is 2.54. The van der Waals surface area contributed by atoms with E-state index in [1.54, 1.807) is 24.3 Å². The van der Waals surface area contributed by atoms with Gasteiger partial charge >= 0.3 is 5.97 Å². The number of aliphatic imine (C=N–C) groups is 1. The lowest BCUT2D eigenvalue weighted by Gasteiger charge is -2.12. The number of ether oxygens (including phenoxy) is 2. The van der Waals surface area contributed by atoms with Crippen LogP contribution in [-0.4, -0.2) is 11.9 Å². The van der Waals surface area contributed by atoms with Gasteiger partial charge in [0.2, 0.25) is 5.90 Å². The first kappa shape index (κ1) is 23.5. The summed E-state index contributed by atoms with van der Waals surface area (Å²) >= 11 is 16.7.